The van der Waals surface area contributed by atoms with Gasteiger partial charge < -0.3 is 21.5 Å². The lowest BCUT2D eigenvalue weighted by atomic mass is 9.99. The number of hydrogen-bond acceptors (Lipinski definition) is 6. The average molecular weight is 549 g/mol. The van der Waals surface area contributed by atoms with Crippen LogP contribution in [-0.2, 0) is 26.0 Å². The molecule has 11 heteroatoms. The van der Waals surface area contributed by atoms with Crippen LogP contribution in [0, 0.1) is 0 Å². The zero-order valence-corrected chi connectivity index (χ0v) is 22.3. The molecular weight excluding hydrogens is 516 g/mol. The molecule has 0 saturated heterocycles. The number of aliphatic hydroxyl groups excluding tert-OH is 1. The van der Waals surface area contributed by atoms with Gasteiger partial charge in [0.1, 0.15) is 11.6 Å². The SMILES string of the molecule is CC(C)(NS(=O)(=O)c1ccccc1)C(=O)N[C@H](Cc1ccc2ccccc2c1)C(=O)NCC(O)CN.Cl. The van der Waals surface area contributed by atoms with Crippen LogP contribution in [0.5, 0.6) is 0 Å². The van der Waals surface area contributed by atoms with Gasteiger partial charge in [0.25, 0.3) is 0 Å². The fourth-order valence-electron chi connectivity index (χ4n) is 3.62. The molecule has 0 aromatic heterocycles. The largest absolute Gasteiger partial charge is 0.390 e. The van der Waals surface area contributed by atoms with E-state index in [1.54, 1.807) is 18.2 Å². The Kier molecular flexibility index (Phi) is 10.6. The molecule has 0 aliphatic carbocycles. The van der Waals surface area contributed by atoms with Gasteiger partial charge >= 0.3 is 0 Å². The highest BCUT2D eigenvalue weighted by atomic mass is 35.5. The number of halogens is 1. The van der Waals surface area contributed by atoms with Crippen molar-refractivity contribution in [3.8, 4) is 0 Å². The summed E-state index contributed by atoms with van der Waals surface area (Å²) in [4.78, 5) is 26.2. The number of carbonyl (C=O) groups excluding carboxylic acids is 2. The molecule has 3 aromatic rings. The normalized spacial score (nSPS) is 13.3. The van der Waals surface area contributed by atoms with Crippen LogP contribution >= 0.6 is 12.4 Å². The third-order valence-electron chi connectivity index (χ3n) is 5.67. The number of fused-ring (bicyclic) bond motifs is 1. The Bertz CT molecular complexity index is 1320. The van der Waals surface area contributed by atoms with Gasteiger partial charge in [-0.1, -0.05) is 60.7 Å². The molecule has 0 spiro atoms. The van der Waals surface area contributed by atoms with Gasteiger partial charge in [-0.15, -0.1) is 12.4 Å². The first-order valence-corrected chi connectivity index (χ1v) is 13.0. The maximum atomic E-state index is 13.2. The van der Waals surface area contributed by atoms with Gasteiger partial charge in [0.2, 0.25) is 21.8 Å². The van der Waals surface area contributed by atoms with Gasteiger partial charge in [0.05, 0.1) is 11.0 Å². The smallest absolute Gasteiger partial charge is 0.243 e. The van der Waals surface area contributed by atoms with E-state index in [0.717, 1.165) is 16.3 Å². The molecule has 0 radical (unpaired) electrons. The Morgan fingerprint density at radius 1 is 0.973 bits per heavy atom. The quantitative estimate of drug-likeness (QED) is 0.245. The minimum Gasteiger partial charge on any atom is -0.390 e. The summed E-state index contributed by atoms with van der Waals surface area (Å²) in [6.45, 7) is 2.73. The highest BCUT2D eigenvalue weighted by Gasteiger charge is 2.35. The summed E-state index contributed by atoms with van der Waals surface area (Å²) >= 11 is 0. The minimum atomic E-state index is -3.99. The van der Waals surface area contributed by atoms with E-state index in [0.29, 0.717) is 0 Å². The summed E-state index contributed by atoms with van der Waals surface area (Å²) in [6.07, 6.45) is -0.775. The number of rotatable bonds is 11. The minimum absolute atomic E-state index is 0. The van der Waals surface area contributed by atoms with Gasteiger partial charge in [-0.05, 0) is 42.3 Å². The van der Waals surface area contributed by atoms with Crippen molar-refractivity contribution in [1.82, 2.24) is 15.4 Å². The second kappa shape index (κ2) is 13.0. The molecule has 3 rings (SSSR count). The maximum Gasteiger partial charge on any atom is 0.243 e. The fourth-order valence-corrected chi connectivity index (χ4v) is 5.01. The van der Waals surface area contributed by atoms with E-state index in [2.05, 4.69) is 15.4 Å². The number of benzene rings is 3. The second-order valence-electron chi connectivity index (χ2n) is 9.09. The second-order valence-corrected chi connectivity index (χ2v) is 10.8. The van der Waals surface area contributed by atoms with Crippen LogP contribution in [0.2, 0.25) is 0 Å². The molecule has 1 unspecified atom stereocenters. The highest BCUT2D eigenvalue weighted by Crippen LogP contribution is 2.18. The maximum absolute atomic E-state index is 13.2. The summed E-state index contributed by atoms with van der Waals surface area (Å²) in [5, 5.41) is 17.0. The van der Waals surface area contributed by atoms with Crippen LogP contribution in [-0.4, -0.2) is 56.1 Å². The number of aliphatic hydroxyl groups is 1. The Hall–Kier alpha value is -3.02. The van der Waals surface area contributed by atoms with Crippen molar-refractivity contribution in [3.63, 3.8) is 0 Å². The number of amides is 2. The predicted octanol–water partition coefficient (Wildman–Crippen LogP) is 1.48. The van der Waals surface area contributed by atoms with Gasteiger partial charge in [-0.2, -0.15) is 4.72 Å². The zero-order valence-electron chi connectivity index (χ0n) is 20.7. The van der Waals surface area contributed by atoms with Crippen LogP contribution in [0.15, 0.2) is 77.7 Å². The lowest BCUT2D eigenvalue weighted by molar-refractivity contribution is -0.131. The van der Waals surface area contributed by atoms with Crippen LogP contribution in [0.3, 0.4) is 0 Å². The summed E-state index contributed by atoms with van der Waals surface area (Å²) < 4.78 is 28.0. The van der Waals surface area contributed by atoms with Gasteiger partial charge in [-0.25, -0.2) is 8.42 Å². The van der Waals surface area contributed by atoms with E-state index in [-0.39, 0.29) is 36.8 Å². The lowest BCUT2D eigenvalue weighted by Gasteiger charge is -2.28. The molecule has 0 saturated carbocycles. The third kappa shape index (κ3) is 8.24. The molecule has 200 valence electrons. The van der Waals surface area contributed by atoms with Crippen LogP contribution < -0.4 is 21.1 Å². The summed E-state index contributed by atoms with van der Waals surface area (Å²) in [6, 6.07) is 20.2. The Labute approximate surface area is 223 Å². The first-order valence-electron chi connectivity index (χ1n) is 11.6. The van der Waals surface area contributed by atoms with Gasteiger partial charge in [0.15, 0.2) is 0 Å². The number of nitrogens with two attached hydrogens (primary N) is 1. The number of carbonyl (C=O) groups is 2. The van der Waals surface area contributed by atoms with Crippen LogP contribution in [0.4, 0.5) is 0 Å². The molecule has 37 heavy (non-hydrogen) atoms. The standard InChI is InChI=1S/C26H32N4O5S.ClH/c1-26(2,30-36(34,35)22-10-4-3-5-11-22)25(33)29-23(24(32)28-17-21(31)16-27)15-18-12-13-19-8-6-7-9-20(19)14-18;/h3-14,21,23,30-31H,15-17,27H2,1-2H3,(H,28,32)(H,29,33);1H/t21?,23-;/m1./s1. The van der Waals surface area contributed by atoms with E-state index >= 15 is 0 Å². The molecule has 3 aromatic carbocycles. The first-order chi connectivity index (χ1) is 17.0. The molecule has 0 heterocycles. The summed E-state index contributed by atoms with van der Waals surface area (Å²) in [7, 11) is -3.99. The lowest BCUT2D eigenvalue weighted by Crippen LogP contribution is -2.59. The van der Waals surface area contributed by atoms with Crippen molar-refractivity contribution in [2.75, 3.05) is 13.1 Å². The van der Waals surface area contributed by atoms with Crippen LogP contribution in [0.1, 0.15) is 19.4 Å². The molecule has 9 nitrogen and oxygen atoms in total. The Balaban J connectivity index is 0.00000481. The van der Waals surface area contributed by atoms with E-state index < -0.39 is 39.5 Å². The van der Waals surface area contributed by atoms with Crippen molar-refractivity contribution in [1.29, 1.82) is 0 Å². The fraction of sp³-hybridized carbons (Fsp3) is 0.308. The number of sulfonamides is 1. The Morgan fingerprint density at radius 2 is 1.59 bits per heavy atom. The van der Waals surface area contributed by atoms with Crippen molar-refractivity contribution in [2.45, 2.75) is 42.8 Å². The number of hydrogen-bond donors (Lipinski definition) is 5. The first kappa shape index (κ1) is 30.2. The van der Waals surface area contributed by atoms with Crippen LogP contribution in [0.25, 0.3) is 10.8 Å². The van der Waals surface area contributed by atoms with Crippen molar-refractivity contribution >= 4 is 45.0 Å². The van der Waals surface area contributed by atoms with E-state index in [1.807, 2.05) is 42.5 Å². The summed E-state index contributed by atoms with van der Waals surface area (Å²) in [5.41, 5.74) is 4.66. The van der Waals surface area contributed by atoms with E-state index in [9.17, 15) is 23.1 Å². The van der Waals surface area contributed by atoms with Gasteiger partial charge in [-0.3, -0.25) is 9.59 Å². The molecule has 6 N–H and O–H groups in total. The molecule has 0 aliphatic rings. The third-order valence-corrected chi connectivity index (χ3v) is 7.34. The monoisotopic (exact) mass is 548 g/mol. The van der Waals surface area contributed by atoms with E-state index in [4.69, 9.17) is 5.73 Å². The average Bonchev–Trinajstić information content (AvgIpc) is 2.86. The Morgan fingerprint density at radius 3 is 2.24 bits per heavy atom. The highest BCUT2D eigenvalue weighted by molar-refractivity contribution is 7.89. The summed E-state index contributed by atoms with van der Waals surface area (Å²) in [5.74, 6) is -1.20. The molecule has 2 amide bonds. The number of nitrogens with one attached hydrogen (secondary N) is 3. The molecule has 0 fully saturated rings. The molecule has 2 atom stereocenters. The van der Waals surface area contributed by atoms with Crippen molar-refractivity contribution in [2.24, 2.45) is 5.73 Å². The zero-order chi connectivity index (χ0) is 26.3. The van der Waals surface area contributed by atoms with Gasteiger partial charge in [0, 0.05) is 19.5 Å². The molecule has 0 bridgehead atoms. The predicted molar refractivity (Wildman–Crippen MR) is 146 cm³/mol. The van der Waals surface area contributed by atoms with Crippen molar-refractivity contribution < 1.29 is 23.1 Å². The molecular formula is C26H33ClN4O5S. The van der Waals surface area contributed by atoms with Crippen molar-refractivity contribution in [3.05, 3.63) is 78.4 Å². The van der Waals surface area contributed by atoms with E-state index in [1.165, 1.54) is 26.0 Å². The topological polar surface area (TPSA) is 151 Å². The molecule has 0 aliphatic heterocycles.